The largest absolute Gasteiger partial charge is 0.381 e. The highest BCUT2D eigenvalue weighted by Crippen LogP contribution is 2.36. The summed E-state index contributed by atoms with van der Waals surface area (Å²) in [7, 11) is 0. The number of ether oxygens (including phenoxy) is 1. The van der Waals surface area contributed by atoms with E-state index in [1.165, 1.54) is 6.07 Å². The lowest BCUT2D eigenvalue weighted by molar-refractivity contribution is -0.137. The average molecular weight is 387 g/mol. The molecule has 1 amide bonds. The maximum absolute atomic E-state index is 13.6. The molecular formula is C23H27F2NO2. The van der Waals surface area contributed by atoms with Gasteiger partial charge in [-0.05, 0) is 61.4 Å². The molecule has 28 heavy (non-hydrogen) atoms. The maximum Gasteiger partial charge on any atom is 0.226 e. The Labute approximate surface area is 165 Å². The third-order valence-electron chi connectivity index (χ3n) is 5.64. The third kappa shape index (κ3) is 4.58. The van der Waals surface area contributed by atoms with Crippen molar-refractivity contribution in [1.82, 2.24) is 5.32 Å². The van der Waals surface area contributed by atoms with E-state index in [0.29, 0.717) is 38.0 Å². The molecule has 0 bridgehead atoms. The minimum absolute atomic E-state index is 0.0726. The first-order valence-corrected chi connectivity index (χ1v) is 9.86. The molecule has 1 aliphatic rings. The van der Waals surface area contributed by atoms with E-state index in [1.54, 1.807) is 6.07 Å². The summed E-state index contributed by atoms with van der Waals surface area (Å²) >= 11 is 0. The van der Waals surface area contributed by atoms with Crippen molar-refractivity contribution in [3.05, 3.63) is 59.7 Å². The van der Waals surface area contributed by atoms with Crippen molar-refractivity contribution in [1.29, 1.82) is 0 Å². The number of nitrogens with one attached hydrogen (secondary N) is 1. The first kappa shape index (κ1) is 20.5. The summed E-state index contributed by atoms with van der Waals surface area (Å²) in [6.45, 7) is 5.19. The van der Waals surface area contributed by atoms with Crippen LogP contribution in [-0.2, 0) is 16.0 Å². The number of amides is 1. The van der Waals surface area contributed by atoms with Gasteiger partial charge in [0.25, 0.3) is 0 Å². The molecule has 0 aliphatic carbocycles. The molecule has 1 fully saturated rings. The van der Waals surface area contributed by atoms with Gasteiger partial charge in [0, 0.05) is 19.3 Å². The molecule has 3 nitrogen and oxygen atoms in total. The molecule has 150 valence electrons. The number of benzene rings is 2. The summed E-state index contributed by atoms with van der Waals surface area (Å²) in [6.07, 6.45) is 2.81. The summed E-state index contributed by atoms with van der Waals surface area (Å²) in [4.78, 5) is 13.1. The van der Waals surface area contributed by atoms with Gasteiger partial charge in [-0.25, -0.2) is 8.78 Å². The molecule has 5 heteroatoms. The van der Waals surface area contributed by atoms with Crippen LogP contribution in [0, 0.1) is 17.0 Å². The van der Waals surface area contributed by atoms with E-state index in [0.717, 1.165) is 23.6 Å². The second kappa shape index (κ2) is 8.82. The Morgan fingerprint density at radius 1 is 1.11 bits per heavy atom. The van der Waals surface area contributed by atoms with Crippen LogP contribution >= 0.6 is 0 Å². The van der Waals surface area contributed by atoms with Gasteiger partial charge in [-0.2, -0.15) is 0 Å². The number of carbonyl (C=O) groups excluding carboxylic acids is 1. The zero-order chi connectivity index (χ0) is 20.1. The van der Waals surface area contributed by atoms with Gasteiger partial charge in [0.2, 0.25) is 5.91 Å². The minimum Gasteiger partial charge on any atom is -0.381 e. The quantitative estimate of drug-likeness (QED) is 0.767. The second-order valence-electron chi connectivity index (χ2n) is 7.68. The molecule has 1 atom stereocenters. The van der Waals surface area contributed by atoms with Crippen molar-refractivity contribution in [2.24, 2.45) is 5.41 Å². The van der Waals surface area contributed by atoms with Gasteiger partial charge in [0.05, 0.1) is 5.41 Å². The molecule has 3 rings (SSSR count). The molecule has 0 radical (unpaired) electrons. The van der Waals surface area contributed by atoms with Crippen molar-refractivity contribution in [3.63, 3.8) is 0 Å². The number of hydrogen-bond acceptors (Lipinski definition) is 2. The van der Waals surface area contributed by atoms with Crippen LogP contribution in [0.2, 0.25) is 0 Å². The minimum atomic E-state index is -0.864. The zero-order valence-electron chi connectivity index (χ0n) is 16.4. The summed E-state index contributed by atoms with van der Waals surface area (Å²) in [5.74, 6) is -1.65. The monoisotopic (exact) mass is 387 g/mol. The number of carbonyl (C=O) groups is 1. The predicted molar refractivity (Wildman–Crippen MR) is 106 cm³/mol. The van der Waals surface area contributed by atoms with Gasteiger partial charge in [-0.15, -0.1) is 0 Å². The average Bonchev–Trinajstić information content (AvgIpc) is 2.70. The summed E-state index contributed by atoms with van der Waals surface area (Å²) < 4.78 is 32.4. The van der Waals surface area contributed by atoms with Crippen LogP contribution in [0.15, 0.2) is 42.5 Å². The van der Waals surface area contributed by atoms with Crippen molar-refractivity contribution < 1.29 is 18.3 Å². The number of rotatable bonds is 6. The Morgan fingerprint density at radius 2 is 1.82 bits per heavy atom. The zero-order valence-corrected chi connectivity index (χ0v) is 16.4. The highest BCUT2D eigenvalue weighted by molar-refractivity contribution is 5.83. The standard InChI is InChI=1S/C23H27F2NO2/c1-3-16(2)26-22(27)23(9-11-28-12-10-23)15-17-5-4-6-18(13-17)19-7-8-20(24)21(25)14-19/h4-8,13-14,16H,3,9-12,15H2,1-2H3,(H,26,27). The van der Waals surface area contributed by atoms with Crippen LogP contribution in [-0.4, -0.2) is 25.2 Å². The lowest BCUT2D eigenvalue weighted by Gasteiger charge is -2.37. The Kier molecular flexibility index (Phi) is 6.45. The van der Waals surface area contributed by atoms with E-state index >= 15 is 0 Å². The van der Waals surface area contributed by atoms with Gasteiger partial charge in [0.15, 0.2) is 11.6 Å². The smallest absolute Gasteiger partial charge is 0.226 e. The number of halogens is 2. The lowest BCUT2D eigenvalue weighted by Crippen LogP contribution is -2.48. The lowest BCUT2D eigenvalue weighted by atomic mass is 9.74. The van der Waals surface area contributed by atoms with E-state index in [1.807, 2.05) is 38.1 Å². The summed E-state index contributed by atoms with van der Waals surface area (Å²) in [5, 5.41) is 3.13. The van der Waals surface area contributed by atoms with Crippen molar-refractivity contribution >= 4 is 5.91 Å². The van der Waals surface area contributed by atoms with Gasteiger partial charge in [0.1, 0.15) is 0 Å². The maximum atomic E-state index is 13.6. The highest BCUT2D eigenvalue weighted by Gasteiger charge is 2.40. The van der Waals surface area contributed by atoms with E-state index in [4.69, 9.17) is 4.74 Å². The fourth-order valence-corrected chi connectivity index (χ4v) is 3.65. The number of hydrogen-bond donors (Lipinski definition) is 1. The van der Waals surface area contributed by atoms with E-state index < -0.39 is 17.0 Å². The van der Waals surface area contributed by atoms with E-state index in [9.17, 15) is 13.6 Å². The third-order valence-corrected chi connectivity index (χ3v) is 5.64. The topological polar surface area (TPSA) is 38.3 Å². The molecule has 2 aromatic rings. The molecule has 1 saturated heterocycles. The van der Waals surface area contributed by atoms with E-state index in [-0.39, 0.29) is 11.9 Å². The molecule has 0 saturated carbocycles. The molecular weight excluding hydrogens is 360 g/mol. The Bertz CT molecular complexity index is 831. The van der Waals surface area contributed by atoms with Crippen LogP contribution in [0.1, 0.15) is 38.7 Å². The predicted octanol–water partition coefficient (Wildman–Crippen LogP) is 4.89. The first-order valence-electron chi connectivity index (χ1n) is 9.86. The van der Waals surface area contributed by atoms with Gasteiger partial charge < -0.3 is 10.1 Å². The second-order valence-corrected chi connectivity index (χ2v) is 7.68. The SMILES string of the molecule is CCC(C)NC(=O)C1(Cc2cccc(-c3ccc(F)c(F)c3)c2)CCOCC1. The summed E-state index contributed by atoms with van der Waals surface area (Å²) in [6, 6.07) is 11.7. The van der Waals surface area contributed by atoms with Crippen molar-refractivity contribution in [3.8, 4) is 11.1 Å². The molecule has 1 aliphatic heterocycles. The Hall–Kier alpha value is -2.27. The molecule has 0 spiro atoms. The summed E-state index contributed by atoms with van der Waals surface area (Å²) in [5.41, 5.74) is 1.92. The molecule has 1 N–H and O–H groups in total. The van der Waals surface area contributed by atoms with Crippen LogP contribution in [0.3, 0.4) is 0 Å². The Balaban J connectivity index is 1.87. The molecule has 1 unspecified atom stereocenters. The molecule has 0 aromatic heterocycles. The van der Waals surface area contributed by atoms with Crippen LogP contribution < -0.4 is 5.32 Å². The van der Waals surface area contributed by atoms with Crippen LogP contribution in [0.5, 0.6) is 0 Å². The van der Waals surface area contributed by atoms with Crippen molar-refractivity contribution in [2.75, 3.05) is 13.2 Å². The van der Waals surface area contributed by atoms with Gasteiger partial charge in [-0.1, -0.05) is 37.3 Å². The first-order chi connectivity index (χ1) is 13.4. The van der Waals surface area contributed by atoms with E-state index in [2.05, 4.69) is 5.32 Å². The van der Waals surface area contributed by atoms with Crippen molar-refractivity contribution in [2.45, 2.75) is 45.6 Å². The van der Waals surface area contributed by atoms with Gasteiger partial charge in [-0.3, -0.25) is 4.79 Å². The fraction of sp³-hybridized carbons (Fsp3) is 0.435. The molecule has 1 heterocycles. The Morgan fingerprint density at radius 3 is 2.50 bits per heavy atom. The van der Waals surface area contributed by atoms with Crippen LogP contribution in [0.25, 0.3) is 11.1 Å². The van der Waals surface area contributed by atoms with Gasteiger partial charge >= 0.3 is 0 Å². The fourth-order valence-electron chi connectivity index (χ4n) is 3.65. The normalized spacial score (nSPS) is 17.1. The van der Waals surface area contributed by atoms with Crippen LogP contribution in [0.4, 0.5) is 8.78 Å². The molecule has 2 aromatic carbocycles. The highest BCUT2D eigenvalue weighted by atomic mass is 19.2.